The molecule has 0 aliphatic heterocycles. The van der Waals surface area contributed by atoms with Crippen LogP contribution < -0.4 is 5.32 Å². The van der Waals surface area contributed by atoms with E-state index >= 15 is 0 Å². The Morgan fingerprint density at radius 2 is 2.06 bits per heavy atom. The van der Waals surface area contributed by atoms with Gasteiger partial charge in [-0.3, -0.25) is 4.68 Å². The highest BCUT2D eigenvalue weighted by molar-refractivity contribution is 5.02. The number of rotatable bonds is 6. The van der Waals surface area contributed by atoms with Crippen molar-refractivity contribution in [2.75, 3.05) is 6.54 Å². The minimum Gasteiger partial charge on any atom is -0.309 e. The van der Waals surface area contributed by atoms with Gasteiger partial charge in [0.2, 0.25) is 0 Å². The molecule has 1 N–H and O–H groups in total. The molecule has 1 aromatic heterocycles. The molecule has 4 nitrogen and oxygen atoms in total. The second kappa shape index (κ2) is 6.32. The number of nitrogens with zero attached hydrogens (tertiary/aromatic N) is 3. The molecule has 0 aromatic carbocycles. The molecule has 2 unspecified atom stereocenters. The molecule has 0 saturated carbocycles. The van der Waals surface area contributed by atoms with Gasteiger partial charge in [-0.05, 0) is 30.7 Å². The molecule has 0 spiro atoms. The smallest absolute Gasteiger partial charge is 0.0753 e. The lowest BCUT2D eigenvalue weighted by molar-refractivity contribution is 0.220. The quantitative estimate of drug-likeness (QED) is 0.846. The van der Waals surface area contributed by atoms with Gasteiger partial charge in [0.25, 0.3) is 0 Å². The maximum atomic E-state index is 4.04. The van der Waals surface area contributed by atoms with Crippen LogP contribution in [-0.4, -0.2) is 21.5 Å². The van der Waals surface area contributed by atoms with Gasteiger partial charge in [0.1, 0.15) is 0 Å². The van der Waals surface area contributed by atoms with Crippen LogP contribution in [-0.2, 0) is 7.05 Å². The molecule has 0 aliphatic carbocycles. The van der Waals surface area contributed by atoms with Crippen molar-refractivity contribution in [3.05, 3.63) is 11.9 Å². The van der Waals surface area contributed by atoms with Crippen molar-refractivity contribution in [3.8, 4) is 0 Å². The van der Waals surface area contributed by atoms with Crippen molar-refractivity contribution in [1.29, 1.82) is 0 Å². The Morgan fingerprint density at radius 3 is 2.50 bits per heavy atom. The summed E-state index contributed by atoms with van der Waals surface area (Å²) >= 11 is 0. The van der Waals surface area contributed by atoms with Crippen LogP contribution in [0.25, 0.3) is 0 Å². The summed E-state index contributed by atoms with van der Waals surface area (Å²) in [5.41, 5.74) is 1.51. The van der Waals surface area contributed by atoms with Crippen LogP contribution in [0.15, 0.2) is 6.20 Å². The topological polar surface area (TPSA) is 42.7 Å². The molecule has 104 valence electrons. The van der Waals surface area contributed by atoms with E-state index in [0.29, 0.717) is 17.4 Å². The first kappa shape index (κ1) is 15.2. The molecule has 1 aromatic rings. The summed E-state index contributed by atoms with van der Waals surface area (Å²) in [5.74, 6) is 0.641. The van der Waals surface area contributed by atoms with Gasteiger partial charge in [-0.1, -0.05) is 39.8 Å². The van der Waals surface area contributed by atoms with Gasteiger partial charge in [-0.15, -0.1) is 5.10 Å². The van der Waals surface area contributed by atoms with Crippen LogP contribution in [0.5, 0.6) is 0 Å². The second-order valence-corrected chi connectivity index (χ2v) is 6.29. The average Bonchev–Trinajstić information content (AvgIpc) is 2.69. The van der Waals surface area contributed by atoms with Gasteiger partial charge in [0, 0.05) is 7.05 Å². The zero-order valence-corrected chi connectivity index (χ0v) is 12.7. The van der Waals surface area contributed by atoms with Crippen LogP contribution in [0.1, 0.15) is 59.2 Å². The summed E-state index contributed by atoms with van der Waals surface area (Å²) in [6, 6.07) is 0.346. The zero-order chi connectivity index (χ0) is 13.8. The molecule has 0 radical (unpaired) electrons. The van der Waals surface area contributed by atoms with Crippen molar-refractivity contribution in [1.82, 2.24) is 20.3 Å². The number of hydrogen-bond acceptors (Lipinski definition) is 3. The average molecular weight is 252 g/mol. The molecule has 1 heterocycles. The predicted octanol–water partition coefficient (Wildman–Crippen LogP) is 2.93. The molecule has 2 atom stereocenters. The van der Waals surface area contributed by atoms with Gasteiger partial charge in [-0.25, -0.2) is 0 Å². The molecule has 0 bridgehead atoms. The summed E-state index contributed by atoms with van der Waals surface area (Å²) < 4.78 is 1.88. The number of aryl methyl sites for hydroxylation is 1. The molecule has 4 heteroatoms. The Labute approximate surface area is 111 Å². The van der Waals surface area contributed by atoms with Crippen LogP contribution >= 0.6 is 0 Å². The molecular weight excluding hydrogens is 224 g/mol. The van der Waals surface area contributed by atoms with E-state index in [1.807, 2.05) is 17.9 Å². The van der Waals surface area contributed by atoms with Crippen molar-refractivity contribution >= 4 is 0 Å². The second-order valence-electron chi connectivity index (χ2n) is 6.29. The fourth-order valence-electron chi connectivity index (χ4n) is 1.95. The number of nitrogens with one attached hydrogen (secondary N) is 1. The SMILES string of the molecule is CCCNC(CC(C)C(C)(C)C)c1cnnn1C. The van der Waals surface area contributed by atoms with Crippen molar-refractivity contribution in [3.63, 3.8) is 0 Å². The molecule has 0 amide bonds. The third kappa shape index (κ3) is 4.09. The third-order valence-corrected chi connectivity index (χ3v) is 3.81. The lowest BCUT2D eigenvalue weighted by atomic mass is 9.78. The summed E-state index contributed by atoms with van der Waals surface area (Å²) in [4.78, 5) is 0. The van der Waals surface area contributed by atoms with Gasteiger partial charge in [0.15, 0.2) is 0 Å². The fourth-order valence-corrected chi connectivity index (χ4v) is 1.95. The van der Waals surface area contributed by atoms with E-state index in [0.717, 1.165) is 19.4 Å². The Bertz CT molecular complexity index is 351. The van der Waals surface area contributed by atoms with Crippen molar-refractivity contribution < 1.29 is 0 Å². The van der Waals surface area contributed by atoms with Gasteiger partial charge in [-0.2, -0.15) is 0 Å². The maximum Gasteiger partial charge on any atom is 0.0753 e. The molecule has 0 fully saturated rings. The number of aromatic nitrogens is 3. The van der Waals surface area contributed by atoms with Crippen LogP contribution in [0.3, 0.4) is 0 Å². The first-order valence-corrected chi connectivity index (χ1v) is 6.94. The summed E-state index contributed by atoms with van der Waals surface area (Å²) in [7, 11) is 1.96. The van der Waals surface area contributed by atoms with E-state index in [1.165, 1.54) is 5.69 Å². The van der Waals surface area contributed by atoms with Crippen molar-refractivity contribution in [2.45, 2.75) is 53.5 Å². The highest BCUT2D eigenvalue weighted by Crippen LogP contribution is 2.32. The van der Waals surface area contributed by atoms with Crippen LogP contribution in [0.4, 0.5) is 0 Å². The van der Waals surface area contributed by atoms with Gasteiger partial charge >= 0.3 is 0 Å². The molecule has 1 rings (SSSR count). The zero-order valence-electron chi connectivity index (χ0n) is 12.7. The summed E-state index contributed by atoms with van der Waals surface area (Å²) in [5, 5.41) is 11.6. The summed E-state index contributed by atoms with van der Waals surface area (Å²) in [6.45, 7) is 12.5. The molecule has 18 heavy (non-hydrogen) atoms. The van der Waals surface area contributed by atoms with E-state index in [4.69, 9.17) is 0 Å². The van der Waals surface area contributed by atoms with Gasteiger partial charge in [0.05, 0.1) is 17.9 Å². The minimum atomic E-state index is 0.332. The maximum absolute atomic E-state index is 4.04. The normalized spacial score (nSPS) is 15.7. The summed E-state index contributed by atoms with van der Waals surface area (Å²) in [6.07, 6.45) is 4.14. The standard InChI is InChI=1S/C14H28N4/c1-7-8-15-12(9-11(2)14(3,4)5)13-10-16-17-18(13)6/h10-12,15H,7-9H2,1-6H3. The Hall–Kier alpha value is -0.900. The highest BCUT2D eigenvalue weighted by atomic mass is 15.4. The first-order valence-electron chi connectivity index (χ1n) is 6.94. The van der Waals surface area contributed by atoms with Gasteiger partial charge < -0.3 is 5.32 Å². The predicted molar refractivity (Wildman–Crippen MR) is 75.3 cm³/mol. The minimum absolute atomic E-state index is 0.332. The van der Waals surface area contributed by atoms with E-state index in [9.17, 15) is 0 Å². The fraction of sp³-hybridized carbons (Fsp3) is 0.857. The Balaban J connectivity index is 2.77. The molecule has 0 saturated heterocycles. The largest absolute Gasteiger partial charge is 0.309 e. The lowest BCUT2D eigenvalue weighted by Gasteiger charge is -2.31. The Morgan fingerprint density at radius 1 is 1.39 bits per heavy atom. The Kier molecular flexibility index (Phi) is 5.32. The van der Waals surface area contributed by atoms with E-state index in [-0.39, 0.29) is 0 Å². The molecular formula is C14H28N4. The van der Waals surface area contributed by atoms with E-state index in [2.05, 4.69) is 50.2 Å². The first-order chi connectivity index (χ1) is 8.36. The highest BCUT2D eigenvalue weighted by Gasteiger charge is 2.25. The molecule has 0 aliphatic rings. The number of hydrogen-bond donors (Lipinski definition) is 1. The lowest BCUT2D eigenvalue weighted by Crippen LogP contribution is -2.29. The van der Waals surface area contributed by atoms with E-state index in [1.54, 1.807) is 0 Å². The van der Waals surface area contributed by atoms with Crippen molar-refractivity contribution in [2.24, 2.45) is 18.4 Å². The van der Waals surface area contributed by atoms with Crippen LogP contribution in [0, 0.1) is 11.3 Å². The third-order valence-electron chi connectivity index (χ3n) is 3.81. The monoisotopic (exact) mass is 252 g/mol. The van der Waals surface area contributed by atoms with Crippen LogP contribution in [0.2, 0.25) is 0 Å². The van der Waals surface area contributed by atoms with E-state index < -0.39 is 0 Å².